The molecule has 1 unspecified atom stereocenters. The maximum Gasteiger partial charge on any atom is 0.573 e. The standard InChI is InChI=1S/C21H18F3N5O4/c22-21(23,24)33-16-7-5-15(6-8-16)32-14-3-1-12(2-4-14)20-28-17(19(26)31)9-18(29-20)27-13(10-25)11-30/h1-9,11,13H,10,25H2,(H2,26,31)(H,27,28,29). The van der Waals surface area contributed by atoms with Crippen molar-refractivity contribution in [1.29, 1.82) is 0 Å². The molecule has 0 radical (unpaired) electrons. The van der Waals surface area contributed by atoms with Crippen LogP contribution in [-0.4, -0.2) is 41.1 Å². The van der Waals surface area contributed by atoms with Crippen LogP contribution in [0.2, 0.25) is 0 Å². The van der Waals surface area contributed by atoms with Gasteiger partial charge >= 0.3 is 6.36 Å². The molecule has 2 aromatic carbocycles. The fraction of sp³-hybridized carbons (Fsp3) is 0.143. The SMILES string of the molecule is NCC(C=O)Nc1cc(C(N)=O)nc(-c2ccc(Oc3ccc(OC(F)(F)F)cc3)cc2)n1. The minimum absolute atomic E-state index is 0.0179. The number of nitrogens with one attached hydrogen (secondary N) is 1. The number of benzene rings is 2. The molecule has 1 amide bonds. The average Bonchev–Trinajstić information content (AvgIpc) is 2.78. The predicted octanol–water partition coefficient (Wildman–Crippen LogP) is 2.87. The summed E-state index contributed by atoms with van der Waals surface area (Å²) in [6.45, 7) is 0.0179. The van der Waals surface area contributed by atoms with Crippen LogP contribution in [-0.2, 0) is 4.79 Å². The van der Waals surface area contributed by atoms with Crippen molar-refractivity contribution in [2.24, 2.45) is 11.5 Å². The van der Waals surface area contributed by atoms with E-state index in [9.17, 15) is 22.8 Å². The zero-order valence-corrected chi connectivity index (χ0v) is 16.9. The molecule has 0 fully saturated rings. The fourth-order valence-corrected chi connectivity index (χ4v) is 2.63. The molecule has 0 aliphatic carbocycles. The highest BCUT2D eigenvalue weighted by molar-refractivity contribution is 5.92. The number of alkyl halides is 3. The highest BCUT2D eigenvalue weighted by Crippen LogP contribution is 2.28. The van der Waals surface area contributed by atoms with Crippen LogP contribution in [0, 0.1) is 0 Å². The molecule has 5 N–H and O–H groups in total. The molecular formula is C21H18F3N5O4. The van der Waals surface area contributed by atoms with E-state index < -0.39 is 18.3 Å². The number of hydrogen-bond donors (Lipinski definition) is 3. The van der Waals surface area contributed by atoms with E-state index in [2.05, 4.69) is 20.0 Å². The molecule has 0 aliphatic heterocycles. The summed E-state index contributed by atoms with van der Waals surface area (Å²) in [5.74, 6) is -0.120. The van der Waals surface area contributed by atoms with Gasteiger partial charge in [0.05, 0.1) is 6.04 Å². The minimum Gasteiger partial charge on any atom is -0.457 e. The first-order valence-corrected chi connectivity index (χ1v) is 9.41. The Labute approximate surface area is 185 Å². The molecule has 0 saturated carbocycles. The van der Waals surface area contributed by atoms with Crippen LogP contribution in [0.1, 0.15) is 10.5 Å². The van der Waals surface area contributed by atoms with Gasteiger partial charge in [-0.3, -0.25) is 4.79 Å². The van der Waals surface area contributed by atoms with E-state index in [0.717, 1.165) is 12.1 Å². The molecule has 1 heterocycles. The Bertz CT molecular complexity index is 1120. The molecule has 0 bridgehead atoms. The first-order valence-electron chi connectivity index (χ1n) is 9.41. The summed E-state index contributed by atoms with van der Waals surface area (Å²) in [4.78, 5) is 31.1. The fourth-order valence-electron chi connectivity index (χ4n) is 2.63. The van der Waals surface area contributed by atoms with Gasteiger partial charge in [0.2, 0.25) is 0 Å². The van der Waals surface area contributed by atoms with Gasteiger partial charge in [-0.1, -0.05) is 0 Å². The van der Waals surface area contributed by atoms with Crippen LogP contribution in [0.4, 0.5) is 19.0 Å². The molecule has 1 aromatic heterocycles. The lowest BCUT2D eigenvalue weighted by Crippen LogP contribution is -2.30. The van der Waals surface area contributed by atoms with Gasteiger partial charge in [-0.15, -0.1) is 13.2 Å². The molecule has 0 aliphatic rings. The van der Waals surface area contributed by atoms with Gasteiger partial charge in [0.1, 0.15) is 35.0 Å². The number of halogens is 3. The van der Waals surface area contributed by atoms with Gasteiger partial charge in [0.15, 0.2) is 5.82 Å². The number of nitrogens with two attached hydrogens (primary N) is 2. The Morgan fingerprint density at radius 2 is 1.61 bits per heavy atom. The first-order chi connectivity index (χ1) is 15.7. The summed E-state index contributed by atoms with van der Waals surface area (Å²) in [6, 6.07) is 11.9. The van der Waals surface area contributed by atoms with E-state index >= 15 is 0 Å². The molecule has 3 rings (SSSR count). The van der Waals surface area contributed by atoms with E-state index in [0.29, 0.717) is 17.6 Å². The van der Waals surface area contributed by atoms with Crippen LogP contribution in [0.25, 0.3) is 11.4 Å². The molecule has 1 atom stereocenters. The van der Waals surface area contributed by atoms with Gasteiger partial charge < -0.3 is 31.1 Å². The normalized spacial score (nSPS) is 12.0. The summed E-state index contributed by atoms with van der Waals surface area (Å²) < 4.78 is 46.2. The summed E-state index contributed by atoms with van der Waals surface area (Å²) in [5, 5.41) is 2.79. The zero-order valence-electron chi connectivity index (χ0n) is 16.9. The van der Waals surface area contributed by atoms with Crippen molar-refractivity contribution < 1.29 is 32.2 Å². The molecule has 12 heteroatoms. The Kier molecular flexibility index (Phi) is 7.08. The number of rotatable bonds is 9. The van der Waals surface area contributed by atoms with Gasteiger partial charge in [-0.2, -0.15) is 0 Å². The van der Waals surface area contributed by atoms with Crippen molar-refractivity contribution in [3.05, 3.63) is 60.3 Å². The minimum atomic E-state index is -4.78. The van der Waals surface area contributed by atoms with Crippen LogP contribution in [0.5, 0.6) is 17.2 Å². The third-order valence-electron chi connectivity index (χ3n) is 4.14. The van der Waals surface area contributed by atoms with Crippen LogP contribution in [0.15, 0.2) is 54.6 Å². The maximum absolute atomic E-state index is 12.2. The van der Waals surface area contributed by atoms with E-state index in [-0.39, 0.29) is 35.4 Å². The second-order valence-electron chi connectivity index (χ2n) is 6.59. The largest absolute Gasteiger partial charge is 0.573 e. The number of ether oxygens (including phenoxy) is 2. The third-order valence-corrected chi connectivity index (χ3v) is 4.14. The van der Waals surface area contributed by atoms with Crippen molar-refractivity contribution in [3.63, 3.8) is 0 Å². The number of carbonyl (C=O) groups is 2. The van der Waals surface area contributed by atoms with E-state index in [1.54, 1.807) is 24.3 Å². The quantitative estimate of drug-likeness (QED) is 0.413. The van der Waals surface area contributed by atoms with Gasteiger partial charge in [0, 0.05) is 18.2 Å². The lowest BCUT2D eigenvalue weighted by atomic mass is 10.2. The Morgan fingerprint density at radius 1 is 1.03 bits per heavy atom. The van der Waals surface area contributed by atoms with Crippen molar-refractivity contribution >= 4 is 18.0 Å². The third kappa shape index (κ3) is 6.64. The smallest absolute Gasteiger partial charge is 0.457 e. The van der Waals surface area contributed by atoms with Gasteiger partial charge in [-0.25, -0.2) is 9.97 Å². The van der Waals surface area contributed by atoms with Gasteiger partial charge in [-0.05, 0) is 48.5 Å². The van der Waals surface area contributed by atoms with Crippen LogP contribution < -0.4 is 26.3 Å². The second-order valence-corrected chi connectivity index (χ2v) is 6.59. The summed E-state index contributed by atoms with van der Waals surface area (Å²) >= 11 is 0. The number of carbonyl (C=O) groups excluding carboxylic acids is 2. The molecular weight excluding hydrogens is 443 g/mol. The number of amides is 1. The highest BCUT2D eigenvalue weighted by atomic mass is 19.4. The summed E-state index contributed by atoms with van der Waals surface area (Å²) in [5.41, 5.74) is 11.3. The highest BCUT2D eigenvalue weighted by Gasteiger charge is 2.31. The predicted molar refractivity (Wildman–Crippen MR) is 112 cm³/mol. The van der Waals surface area contributed by atoms with Crippen LogP contribution in [0.3, 0.4) is 0 Å². The van der Waals surface area contributed by atoms with E-state index in [1.165, 1.54) is 18.2 Å². The Balaban J connectivity index is 1.78. The number of primary amides is 1. The Morgan fingerprint density at radius 3 is 2.12 bits per heavy atom. The Hall–Kier alpha value is -4.19. The lowest BCUT2D eigenvalue weighted by Gasteiger charge is -2.13. The summed E-state index contributed by atoms with van der Waals surface area (Å²) in [7, 11) is 0. The number of aromatic nitrogens is 2. The number of hydrogen-bond acceptors (Lipinski definition) is 8. The van der Waals surface area contributed by atoms with Crippen molar-refractivity contribution in [3.8, 4) is 28.6 Å². The first kappa shape index (κ1) is 23.5. The summed E-state index contributed by atoms with van der Waals surface area (Å²) in [6.07, 6.45) is -4.17. The topological polar surface area (TPSA) is 142 Å². The number of anilines is 1. The monoisotopic (exact) mass is 461 g/mol. The molecule has 172 valence electrons. The molecule has 33 heavy (non-hydrogen) atoms. The molecule has 0 spiro atoms. The average molecular weight is 461 g/mol. The van der Waals surface area contributed by atoms with E-state index in [4.69, 9.17) is 16.2 Å². The van der Waals surface area contributed by atoms with Crippen molar-refractivity contribution in [2.45, 2.75) is 12.4 Å². The van der Waals surface area contributed by atoms with Crippen LogP contribution >= 0.6 is 0 Å². The molecule has 3 aromatic rings. The molecule has 0 saturated heterocycles. The van der Waals surface area contributed by atoms with Gasteiger partial charge in [0.25, 0.3) is 5.91 Å². The number of nitrogens with zero attached hydrogens (tertiary/aromatic N) is 2. The molecule has 9 nitrogen and oxygen atoms in total. The van der Waals surface area contributed by atoms with Crippen molar-refractivity contribution in [1.82, 2.24) is 9.97 Å². The lowest BCUT2D eigenvalue weighted by molar-refractivity contribution is -0.274. The van der Waals surface area contributed by atoms with Crippen molar-refractivity contribution in [2.75, 3.05) is 11.9 Å². The maximum atomic E-state index is 12.2. The van der Waals surface area contributed by atoms with E-state index in [1.807, 2.05) is 0 Å². The zero-order chi connectivity index (χ0) is 24.0. The second kappa shape index (κ2) is 9.96. The number of aldehydes is 1.